The van der Waals surface area contributed by atoms with Crippen molar-refractivity contribution in [1.82, 2.24) is 14.9 Å². The average molecular weight is 377 g/mol. The molecule has 1 saturated heterocycles. The number of ether oxygens (including phenoxy) is 1. The molecule has 2 heterocycles. The van der Waals surface area contributed by atoms with E-state index in [0.717, 1.165) is 18.8 Å². The van der Waals surface area contributed by atoms with Gasteiger partial charge in [0.05, 0.1) is 23.9 Å². The van der Waals surface area contributed by atoms with Gasteiger partial charge in [-0.1, -0.05) is 0 Å². The van der Waals surface area contributed by atoms with Gasteiger partial charge in [-0.05, 0) is 37.1 Å². The fourth-order valence-corrected chi connectivity index (χ4v) is 3.84. The molecule has 1 aliphatic rings. The maximum Gasteiger partial charge on any atom is 0.240 e. The van der Waals surface area contributed by atoms with E-state index >= 15 is 0 Å². The molecule has 0 unspecified atom stereocenters. The van der Waals surface area contributed by atoms with Gasteiger partial charge in [-0.2, -0.15) is 5.10 Å². The van der Waals surface area contributed by atoms with Gasteiger partial charge in [0, 0.05) is 32.2 Å². The Morgan fingerprint density at radius 1 is 1.15 bits per heavy atom. The summed E-state index contributed by atoms with van der Waals surface area (Å²) in [4.78, 5) is 2.47. The second kappa shape index (κ2) is 8.33. The summed E-state index contributed by atoms with van der Waals surface area (Å²) in [6.45, 7) is 2.72. The van der Waals surface area contributed by atoms with Crippen molar-refractivity contribution in [1.29, 1.82) is 0 Å². The molecule has 0 atom stereocenters. The van der Waals surface area contributed by atoms with Crippen LogP contribution in [0.1, 0.15) is 12.8 Å². The SMILES string of the molecule is COc1ccc(S(=O)(=O)NCCNc2cc(N3CCCC3)cnn2)cc1. The summed E-state index contributed by atoms with van der Waals surface area (Å²) in [7, 11) is -2.01. The summed E-state index contributed by atoms with van der Waals surface area (Å²) in [5, 5.41) is 11.2. The Morgan fingerprint density at radius 2 is 1.88 bits per heavy atom. The quantitative estimate of drug-likeness (QED) is 0.673. The van der Waals surface area contributed by atoms with Crippen LogP contribution in [-0.4, -0.2) is 51.9 Å². The van der Waals surface area contributed by atoms with E-state index in [1.165, 1.54) is 32.1 Å². The van der Waals surface area contributed by atoms with Crippen molar-refractivity contribution < 1.29 is 13.2 Å². The molecule has 8 nitrogen and oxygen atoms in total. The molecule has 1 aromatic carbocycles. The lowest BCUT2D eigenvalue weighted by Gasteiger charge is -2.17. The molecule has 9 heteroatoms. The third kappa shape index (κ3) is 4.61. The Balaban J connectivity index is 1.50. The zero-order valence-corrected chi connectivity index (χ0v) is 15.5. The van der Waals surface area contributed by atoms with Crippen molar-refractivity contribution >= 4 is 21.5 Å². The fourth-order valence-electron chi connectivity index (χ4n) is 2.81. The number of methoxy groups -OCH3 is 1. The highest BCUT2D eigenvalue weighted by Crippen LogP contribution is 2.20. The lowest BCUT2D eigenvalue weighted by molar-refractivity contribution is 0.414. The van der Waals surface area contributed by atoms with E-state index < -0.39 is 10.0 Å². The standard InChI is InChI=1S/C17H23N5O3S/c1-25-15-4-6-16(7-5-15)26(23,24)20-9-8-18-17-12-14(13-19-21-17)22-10-2-3-11-22/h4-7,12-13,20H,2-3,8-11H2,1H3,(H,18,21). The molecule has 2 aromatic rings. The van der Waals surface area contributed by atoms with E-state index in [2.05, 4.69) is 25.1 Å². The van der Waals surface area contributed by atoms with Crippen molar-refractivity contribution in [2.75, 3.05) is 43.5 Å². The van der Waals surface area contributed by atoms with Gasteiger partial charge in [-0.25, -0.2) is 13.1 Å². The molecule has 1 aliphatic heterocycles. The Labute approximate surface area is 153 Å². The third-order valence-corrected chi connectivity index (χ3v) is 5.68. The highest BCUT2D eigenvalue weighted by molar-refractivity contribution is 7.89. The summed E-state index contributed by atoms with van der Waals surface area (Å²) in [6.07, 6.45) is 4.14. The number of anilines is 2. The number of nitrogens with one attached hydrogen (secondary N) is 2. The fraction of sp³-hybridized carbons (Fsp3) is 0.412. The lowest BCUT2D eigenvalue weighted by Crippen LogP contribution is -2.29. The maximum atomic E-state index is 12.3. The third-order valence-electron chi connectivity index (χ3n) is 4.20. The minimum Gasteiger partial charge on any atom is -0.497 e. The molecule has 1 aromatic heterocycles. The number of rotatable bonds is 8. The van der Waals surface area contributed by atoms with Gasteiger partial charge in [-0.15, -0.1) is 5.10 Å². The number of benzene rings is 1. The maximum absolute atomic E-state index is 12.3. The zero-order valence-electron chi connectivity index (χ0n) is 14.7. The number of sulfonamides is 1. The van der Waals surface area contributed by atoms with Crippen LogP contribution in [0.25, 0.3) is 0 Å². The minimum atomic E-state index is -3.55. The largest absolute Gasteiger partial charge is 0.497 e. The molecule has 1 fully saturated rings. The van der Waals surface area contributed by atoms with Crippen LogP contribution >= 0.6 is 0 Å². The topological polar surface area (TPSA) is 96.5 Å². The normalized spacial score (nSPS) is 14.4. The smallest absolute Gasteiger partial charge is 0.240 e. The molecular weight excluding hydrogens is 354 g/mol. The van der Waals surface area contributed by atoms with Crippen LogP contribution in [0.15, 0.2) is 41.4 Å². The van der Waals surface area contributed by atoms with E-state index in [0.29, 0.717) is 18.1 Å². The molecule has 3 rings (SSSR count). The van der Waals surface area contributed by atoms with Crippen LogP contribution < -0.4 is 19.7 Å². The summed E-state index contributed by atoms with van der Waals surface area (Å²) in [6, 6.07) is 8.20. The first kappa shape index (κ1) is 18.4. The number of aromatic nitrogens is 2. The second-order valence-electron chi connectivity index (χ2n) is 5.99. The van der Waals surface area contributed by atoms with Gasteiger partial charge >= 0.3 is 0 Å². The van der Waals surface area contributed by atoms with E-state index in [1.807, 2.05) is 6.07 Å². The molecule has 0 spiro atoms. The summed E-state index contributed by atoms with van der Waals surface area (Å²) < 4.78 is 32.1. The van der Waals surface area contributed by atoms with Gasteiger partial charge in [0.1, 0.15) is 5.75 Å². The van der Waals surface area contributed by atoms with Gasteiger partial charge < -0.3 is 15.0 Å². The van der Waals surface area contributed by atoms with Crippen LogP contribution in [0.2, 0.25) is 0 Å². The molecule has 0 saturated carbocycles. The monoisotopic (exact) mass is 377 g/mol. The van der Waals surface area contributed by atoms with Crippen molar-refractivity contribution in [3.8, 4) is 5.75 Å². The molecule has 0 amide bonds. The molecule has 0 radical (unpaired) electrons. The molecule has 0 aliphatic carbocycles. The van der Waals surface area contributed by atoms with Crippen molar-refractivity contribution in [2.24, 2.45) is 0 Å². The summed E-state index contributed by atoms with van der Waals surface area (Å²) in [5.74, 6) is 1.25. The Hall–Kier alpha value is -2.39. The van der Waals surface area contributed by atoms with Crippen LogP contribution in [0.5, 0.6) is 5.75 Å². The Morgan fingerprint density at radius 3 is 2.58 bits per heavy atom. The number of hydrogen-bond donors (Lipinski definition) is 2. The van der Waals surface area contributed by atoms with Gasteiger partial charge in [0.2, 0.25) is 10.0 Å². The minimum absolute atomic E-state index is 0.203. The summed E-state index contributed by atoms with van der Waals surface area (Å²) in [5.41, 5.74) is 1.04. The highest BCUT2D eigenvalue weighted by atomic mass is 32.2. The van der Waals surface area contributed by atoms with Gasteiger partial charge in [0.25, 0.3) is 0 Å². The summed E-state index contributed by atoms with van der Waals surface area (Å²) >= 11 is 0. The van der Waals surface area contributed by atoms with Crippen LogP contribution in [-0.2, 0) is 10.0 Å². The Bertz CT molecular complexity index is 821. The van der Waals surface area contributed by atoms with E-state index in [9.17, 15) is 8.42 Å². The number of hydrogen-bond acceptors (Lipinski definition) is 7. The second-order valence-corrected chi connectivity index (χ2v) is 7.76. The molecule has 140 valence electrons. The van der Waals surface area contributed by atoms with Crippen molar-refractivity contribution in [2.45, 2.75) is 17.7 Å². The van der Waals surface area contributed by atoms with Crippen molar-refractivity contribution in [3.63, 3.8) is 0 Å². The molecule has 26 heavy (non-hydrogen) atoms. The van der Waals surface area contributed by atoms with Gasteiger partial charge in [-0.3, -0.25) is 0 Å². The predicted octanol–water partition coefficient (Wildman–Crippen LogP) is 1.48. The first-order chi connectivity index (χ1) is 12.6. The molecule has 0 bridgehead atoms. The molecular formula is C17H23N5O3S. The first-order valence-corrected chi connectivity index (χ1v) is 10.0. The predicted molar refractivity (Wildman–Crippen MR) is 100 cm³/mol. The number of nitrogens with zero attached hydrogens (tertiary/aromatic N) is 3. The van der Waals surface area contributed by atoms with Crippen molar-refractivity contribution in [3.05, 3.63) is 36.5 Å². The average Bonchev–Trinajstić information content (AvgIpc) is 3.20. The van der Waals surface area contributed by atoms with E-state index in [4.69, 9.17) is 4.74 Å². The first-order valence-electron chi connectivity index (χ1n) is 8.54. The highest BCUT2D eigenvalue weighted by Gasteiger charge is 2.14. The molecule has 2 N–H and O–H groups in total. The lowest BCUT2D eigenvalue weighted by atomic mass is 10.3. The van der Waals surface area contributed by atoms with E-state index in [-0.39, 0.29) is 11.4 Å². The van der Waals surface area contributed by atoms with E-state index in [1.54, 1.807) is 18.3 Å². The van der Waals surface area contributed by atoms with Gasteiger partial charge in [0.15, 0.2) is 5.82 Å². The van der Waals surface area contributed by atoms with Crippen LogP contribution in [0, 0.1) is 0 Å². The Kier molecular flexibility index (Phi) is 5.89. The zero-order chi connectivity index (χ0) is 18.4. The van der Waals surface area contributed by atoms with Crippen LogP contribution in [0.3, 0.4) is 0 Å². The van der Waals surface area contributed by atoms with Crippen LogP contribution in [0.4, 0.5) is 11.5 Å².